The predicted octanol–water partition coefficient (Wildman–Crippen LogP) is 3.32. The zero-order valence-corrected chi connectivity index (χ0v) is 8.77. The summed E-state index contributed by atoms with van der Waals surface area (Å²) in [7, 11) is 0. The van der Waals surface area contributed by atoms with Crippen LogP contribution < -0.4 is 0 Å². The largest absolute Gasteiger partial charge is 0.235 e. The highest BCUT2D eigenvalue weighted by atomic mass is 35.5. The number of halogens is 2. The molecule has 1 fully saturated rings. The molecule has 0 heterocycles. The Morgan fingerprint density at radius 1 is 1.29 bits per heavy atom. The van der Waals surface area contributed by atoms with Crippen molar-refractivity contribution in [1.29, 1.82) is 0 Å². The second-order valence-electron chi connectivity index (χ2n) is 3.36. The molecule has 72 valence electrons. The van der Waals surface area contributed by atoms with Crippen LogP contribution in [-0.4, -0.2) is 6.08 Å². The Morgan fingerprint density at radius 2 is 2.00 bits per heavy atom. The molecule has 0 radical (unpaired) electrons. The number of carbonyl (C=O) groups excluding carboxylic acids is 1. The lowest BCUT2D eigenvalue weighted by Gasteiger charge is -2.08. The van der Waals surface area contributed by atoms with E-state index >= 15 is 0 Å². The van der Waals surface area contributed by atoms with E-state index in [2.05, 4.69) is 4.99 Å². The normalized spacial score (nSPS) is 17.3. The Morgan fingerprint density at radius 3 is 2.50 bits per heavy atom. The van der Waals surface area contributed by atoms with E-state index in [4.69, 9.17) is 23.2 Å². The van der Waals surface area contributed by atoms with E-state index in [0.29, 0.717) is 10.0 Å². The van der Waals surface area contributed by atoms with Crippen molar-refractivity contribution >= 4 is 29.3 Å². The SMILES string of the molecule is O=C=NC1(c2ccc(Cl)c(Cl)c2)CC1. The van der Waals surface area contributed by atoms with E-state index in [1.807, 2.05) is 6.07 Å². The van der Waals surface area contributed by atoms with Crippen LogP contribution in [0.5, 0.6) is 0 Å². The molecular formula is C10H7Cl2NO. The molecule has 0 aliphatic heterocycles. The van der Waals surface area contributed by atoms with Crippen molar-refractivity contribution in [2.75, 3.05) is 0 Å². The van der Waals surface area contributed by atoms with Gasteiger partial charge in [0.05, 0.1) is 15.6 Å². The number of isocyanates is 1. The van der Waals surface area contributed by atoms with Gasteiger partial charge in [0, 0.05) is 0 Å². The molecule has 0 amide bonds. The van der Waals surface area contributed by atoms with E-state index in [1.54, 1.807) is 18.2 Å². The number of aliphatic imine (C=N–C) groups is 1. The van der Waals surface area contributed by atoms with Crippen LogP contribution in [0.1, 0.15) is 18.4 Å². The molecule has 1 aromatic rings. The van der Waals surface area contributed by atoms with Crippen molar-refractivity contribution in [2.45, 2.75) is 18.4 Å². The molecule has 2 nitrogen and oxygen atoms in total. The summed E-state index contributed by atoms with van der Waals surface area (Å²) >= 11 is 11.7. The Balaban J connectivity index is 2.42. The molecule has 0 spiro atoms. The lowest BCUT2D eigenvalue weighted by atomic mass is 10.1. The van der Waals surface area contributed by atoms with E-state index in [-0.39, 0.29) is 5.54 Å². The second-order valence-corrected chi connectivity index (χ2v) is 4.18. The van der Waals surface area contributed by atoms with Crippen molar-refractivity contribution in [1.82, 2.24) is 0 Å². The standard InChI is InChI=1S/C10H7Cl2NO/c11-8-2-1-7(5-9(8)12)10(3-4-10)13-6-14/h1-2,5H,3-4H2. The second kappa shape index (κ2) is 3.39. The van der Waals surface area contributed by atoms with Gasteiger partial charge in [0.25, 0.3) is 0 Å². The van der Waals surface area contributed by atoms with Gasteiger partial charge >= 0.3 is 0 Å². The summed E-state index contributed by atoms with van der Waals surface area (Å²) in [5, 5.41) is 1.01. The fourth-order valence-electron chi connectivity index (χ4n) is 1.46. The van der Waals surface area contributed by atoms with Crippen molar-refractivity contribution < 1.29 is 4.79 Å². The molecule has 1 aliphatic carbocycles. The minimum atomic E-state index is -0.365. The fourth-order valence-corrected chi connectivity index (χ4v) is 1.75. The maximum Gasteiger partial charge on any atom is 0.235 e. The Labute approximate surface area is 91.5 Å². The number of hydrogen-bond donors (Lipinski definition) is 0. The summed E-state index contributed by atoms with van der Waals surface area (Å²) in [5.41, 5.74) is 0.575. The van der Waals surface area contributed by atoms with Gasteiger partial charge in [0.15, 0.2) is 0 Å². The maximum absolute atomic E-state index is 10.2. The van der Waals surface area contributed by atoms with Crippen LogP contribution in [0.25, 0.3) is 0 Å². The first-order valence-corrected chi connectivity index (χ1v) is 4.98. The highest BCUT2D eigenvalue weighted by Gasteiger charge is 2.44. The monoisotopic (exact) mass is 227 g/mol. The quantitative estimate of drug-likeness (QED) is 0.563. The van der Waals surface area contributed by atoms with Gasteiger partial charge in [-0.25, -0.2) is 4.79 Å². The van der Waals surface area contributed by atoms with Gasteiger partial charge in [-0.05, 0) is 30.5 Å². The minimum absolute atomic E-state index is 0.365. The van der Waals surface area contributed by atoms with Crippen LogP contribution in [0.2, 0.25) is 10.0 Å². The molecular weight excluding hydrogens is 221 g/mol. The van der Waals surface area contributed by atoms with Crippen LogP contribution in [0.15, 0.2) is 23.2 Å². The van der Waals surface area contributed by atoms with E-state index in [0.717, 1.165) is 18.4 Å². The molecule has 0 N–H and O–H groups in total. The Bertz CT molecular complexity index is 420. The highest BCUT2D eigenvalue weighted by Crippen LogP contribution is 2.50. The molecule has 0 atom stereocenters. The molecule has 0 aromatic heterocycles. The topological polar surface area (TPSA) is 29.4 Å². The molecule has 14 heavy (non-hydrogen) atoms. The number of benzene rings is 1. The molecule has 1 saturated carbocycles. The third-order valence-corrected chi connectivity index (χ3v) is 3.18. The van der Waals surface area contributed by atoms with Crippen molar-refractivity contribution in [3.8, 4) is 0 Å². The summed E-state index contributed by atoms with van der Waals surface area (Å²) in [6.07, 6.45) is 3.35. The van der Waals surface area contributed by atoms with Crippen LogP contribution in [0, 0.1) is 0 Å². The molecule has 1 aromatic carbocycles. The van der Waals surface area contributed by atoms with Crippen molar-refractivity contribution in [3.05, 3.63) is 33.8 Å². The van der Waals surface area contributed by atoms with Gasteiger partial charge in [0.1, 0.15) is 0 Å². The van der Waals surface area contributed by atoms with Crippen LogP contribution in [0.4, 0.5) is 0 Å². The lowest BCUT2D eigenvalue weighted by molar-refractivity contribution is 0.556. The minimum Gasteiger partial charge on any atom is -0.211 e. The van der Waals surface area contributed by atoms with Gasteiger partial charge in [-0.3, -0.25) is 0 Å². The van der Waals surface area contributed by atoms with Gasteiger partial charge in [-0.1, -0.05) is 29.3 Å². The molecule has 2 rings (SSSR count). The average Bonchev–Trinajstić information content (AvgIpc) is 2.91. The van der Waals surface area contributed by atoms with E-state index in [1.165, 1.54) is 0 Å². The summed E-state index contributed by atoms with van der Waals surface area (Å²) in [5.74, 6) is 0. The fraction of sp³-hybridized carbons (Fsp3) is 0.300. The summed E-state index contributed by atoms with van der Waals surface area (Å²) in [6, 6.07) is 5.33. The molecule has 0 bridgehead atoms. The van der Waals surface area contributed by atoms with Gasteiger partial charge < -0.3 is 0 Å². The highest BCUT2D eigenvalue weighted by molar-refractivity contribution is 6.42. The summed E-state index contributed by atoms with van der Waals surface area (Å²) < 4.78 is 0. The van der Waals surface area contributed by atoms with Crippen LogP contribution >= 0.6 is 23.2 Å². The van der Waals surface area contributed by atoms with E-state index < -0.39 is 0 Å². The number of nitrogens with zero attached hydrogens (tertiary/aromatic N) is 1. The first-order valence-electron chi connectivity index (χ1n) is 4.22. The third-order valence-electron chi connectivity index (χ3n) is 2.44. The Kier molecular flexibility index (Phi) is 2.36. The predicted molar refractivity (Wildman–Crippen MR) is 55.5 cm³/mol. The lowest BCUT2D eigenvalue weighted by Crippen LogP contribution is -2.01. The summed E-state index contributed by atoms with van der Waals surface area (Å²) in [4.78, 5) is 14.0. The first kappa shape index (κ1) is 9.72. The zero-order valence-electron chi connectivity index (χ0n) is 7.26. The van der Waals surface area contributed by atoms with Crippen molar-refractivity contribution in [2.24, 2.45) is 4.99 Å². The molecule has 0 saturated heterocycles. The van der Waals surface area contributed by atoms with Gasteiger partial charge in [-0.2, -0.15) is 4.99 Å². The summed E-state index contributed by atoms with van der Waals surface area (Å²) in [6.45, 7) is 0. The van der Waals surface area contributed by atoms with E-state index in [9.17, 15) is 4.79 Å². The number of hydrogen-bond acceptors (Lipinski definition) is 2. The maximum atomic E-state index is 10.2. The van der Waals surface area contributed by atoms with Crippen LogP contribution in [-0.2, 0) is 10.3 Å². The molecule has 1 aliphatic rings. The Hall–Kier alpha value is -0.820. The molecule has 0 unspecified atom stereocenters. The zero-order chi connectivity index (χ0) is 10.2. The smallest absolute Gasteiger partial charge is 0.211 e. The average molecular weight is 228 g/mol. The number of rotatable bonds is 2. The van der Waals surface area contributed by atoms with Crippen LogP contribution in [0.3, 0.4) is 0 Å². The van der Waals surface area contributed by atoms with Gasteiger partial charge in [-0.15, -0.1) is 0 Å². The molecule has 4 heteroatoms. The first-order chi connectivity index (χ1) is 6.68. The third kappa shape index (κ3) is 1.57. The van der Waals surface area contributed by atoms with Crippen molar-refractivity contribution in [3.63, 3.8) is 0 Å². The van der Waals surface area contributed by atoms with Gasteiger partial charge in [0.2, 0.25) is 6.08 Å².